The maximum absolute atomic E-state index is 11.9. The molecule has 0 aliphatic heterocycles. The van der Waals surface area contributed by atoms with Crippen LogP contribution in [-0.4, -0.2) is 30.3 Å². The van der Waals surface area contributed by atoms with Gasteiger partial charge in [0.15, 0.2) is 0 Å². The molecule has 112 valence electrons. The number of benzene rings is 1. The second kappa shape index (κ2) is 8.59. The van der Waals surface area contributed by atoms with Crippen molar-refractivity contribution in [3.63, 3.8) is 0 Å². The molecule has 0 bridgehead atoms. The third kappa shape index (κ3) is 6.06. The van der Waals surface area contributed by atoms with Crippen LogP contribution in [-0.2, 0) is 0 Å². The Bertz CT molecular complexity index is 401. The fraction of sp³-hybridized carbons (Fsp3) is 0.562. The Kier molecular flexibility index (Phi) is 7.09. The molecule has 1 atom stereocenters. The molecule has 0 aromatic heterocycles. The van der Waals surface area contributed by atoms with E-state index in [-0.39, 0.29) is 18.6 Å². The number of hydrogen-bond acceptors (Lipinski definition) is 3. The molecule has 1 rings (SSSR count). The minimum absolute atomic E-state index is 0.0715. The van der Waals surface area contributed by atoms with Crippen LogP contribution in [0.2, 0.25) is 0 Å². The van der Waals surface area contributed by atoms with E-state index in [0.717, 1.165) is 18.6 Å². The van der Waals surface area contributed by atoms with Gasteiger partial charge in [0.2, 0.25) is 0 Å². The summed E-state index contributed by atoms with van der Waals surface area (Å²) >= 11 is 0. The summed E-state index contributed by atoms with van der Waals surface area (Å²) in [6.45, 7) is 6.76. The lowest BCUT2D eigenvalue weighted by atomic mass is 10.1. The van der Waals surface area contributed by atoms with Gasteiger partial charge in [0.25, 0.3) is 5.91 Å². The topological polar surface area (TPSA) is 58.6 Å². The molecule has 0 spiro atoms. The molecule has 1 aromatic carbocycles. The van der Waals surface area contributed by atoms with Gasteiger partial charge >= 0.3 is 0 Å². The Labute approximate surface area is 121 Å². The number of rotatable bonds is 8. The number of aliphatic hydroxyl groups excluding tert-OH is 1. The molecule has 2 N–H and O–H groups in total. The molecule has 0 heterocycles. The van der Waals surface area contributed by atoms with Crippen molar-refractivity contribution in [2.75, 3.05) is 13.2 Å². The molecular weight excluding hydrogens is 254 g/mol. The van der Waals surface area contributed by atoms with Crippen LogP contribution in [0.15, 0.2) is 24.3 Å². The first-order chi connectivity index (χ1) is 9.52. The second-order valence-corrected chi connectivity index (χ2v) is 5.38. The van der Waals surface area contributed by atoms with Crippen molar-refractivity contribution in [2.45, 2.75) is 39.7 Å². The Morgan fingerprint density at radius 3 is 2.45 bits per heavy atom. The molecule has 0 saturated heterocycles. The molecule has 0 fully saturated rings. The van der Waals surface area contributed by atoms with E-state index >= 15 is 0 Å². The van der Waals surface area contributed by atoms with Crippen LogP contribution in [0.5, 0.6) is 5.75 Å². The maximum atomic E-state index is 11.9. The highest BCUT2D eigenvalue weighted by Gasteiger charge is 2.06. The third-order valence-corrected chi connectivity index (χ3v) is 2.96. The molecule has 1 amide bonds. The van der Waals surface area contributed by atoms with Gasteiger partial charge in [0, 0.05) is 18.7 Å². The summed E-state index contributed by atoms with van der Waals surface area (Å²) < 4.78 is 5.53. The van der Waals surface area contributed by atoms with Gasteiger partial charge in [-0.05, 0) is 56.9 Å². The average molecular weight is 279 g/mol. The monoisotopic (exact) mass is 279 g/mol. The zero-order chi connectivity index (χ0) is 15.0. The molecule has 1 aromatic rings. The summed E-state index contributed by atoms with van der Waals surface area (Å²) in [5, 5.41) is 11.8. The third-order valence-electron chi connectivity index (χ3n) is 2.96. The van der Waals surface area contributed by atoms with Crippen LogP contribution < -0.4 is 10.1 Å². The lowest BCUT2D eigenvalue weighted by Gasteiger charge is -2.11. The maximum Gasteiger partial charge on any atom is 0.251 e. The Morgan fingerprint density at radius 2 is 1.90 bits per heavy atom. The Hall–Kier alpha value is -1.55. The number of carbonyl (C=O) groups excluding carboxylic acids is 1. The minimum atomic E-state index is -0.0715. The van der Waals surface area contributed by atoms with Crippen molar-refractivity contribution < 1.29 is 14.6 Å². The molecule has 1 unspecified atom stereocenters. The first kappa shape index (κ1) is 16.5. The van der Waals surface area contributed by atoms with Crippen molar-refractivity contribution >= 4 is 5.91 Å². The molecule has 0 aliphatic carbocycles. The zero-order valence-electron chi connectivity index (χ0n) is 12.6. The number of carbonyl (C=O) groups is 1. The zero-order valence-corrected chi connectivity index (χ0v) is 12.6. The van der Waals surface area contributed by atoms with Gasteiger partial charge in [0.05, 0.1) is 6.10 Å². The van der Waals surface area contributed by atoms with Gasteiger partial charge < -0.3 is 15.2 Å². The standard InChI is InChI=1S/C16H25NO3/c1-12(2)20-15-8-6-14(7-9-15)16(19)17-10-4-5-13(3)11-18/h6-9,12-13,18H,4-5,10-11H2,1-3H3,(H,17,19). The molecular formula is C16H25NO3. The van der Waals surface area contributed by atoms with Crippen molar-refractivity contribution in [1.82, 2.24) is 5.32 Å². The number of ether oxygens (including phenoxy) is 1. The van der Waals surface area contributed by atoms with Crippen LogP contribution in [0.4, 0.5) is 0 Å². The van der Waals surface area contributed by atoms with Crippen molar-refractivity contribution in [3.8, 4) is 5.75 Å². The fourth-order valence-electron chi connectivity index (χ4n) is 1.80. The van der Waals surface area contributed by atoms with Crippen molar-refractivity contribution in [3.05, 3.63) is 29.8 Å². The number of amides is 1. The quantitative estimate of drug-likeness (QED) is 0.719. The highest BCUT2D eigenvalue weighted by atomic mass is 16.5. The van der Waals surface area contributed by atoms with E-state index in [1.165, 1.54) is 0 Å². The van der Waals surface area contributed by atoms with Crippen LogP contribution in [0.3, 0.4) is 0 Å². The summed E-state index contributed by atoms with van der Waals surface area (Å²) in [6.07, 6.45) is 1.92. The smallest absolute Gasteiger partial charge is 0.251 e. The Balaban J connectivity index is 2.36. The number of aliphatic hydroxyl groups is 1. The minimum Gasteiger partial charge on any atom is -0.491 e. The number of nitrogens with one attached hydrogen (secondary N) is 1. The van der Waals surface area contributed by atoms with E-state index in [0.29, 0.717) is 18.0 Å². The van der Waals surface area contributed by atoms with Crippen molar-refractivity contribution in [2.24, 2.45) is 5.92 Å². The van der Waals surface area contributed by atoms with Crippen molar-refractivity contribution in [1.29, 1.82) is 0 Å². The van der Waals surface area contributed by atoms with E-state index in [1.807, 2.05) is 32.9 Å². The highest BCUT2D eigenvalue weighted by Crippen LogP contribution is 2.13. The summed E-state index contributed by atoms with van der Waals surface area (Å²) in [5.41, 5.74) is 0.635. The normalized spacial score (nSPS) is 12.2. The second-order valence-electron chi connectivity index (χ2n) is 5.38. The van der Waals surface area contributed by atoms with E-state index in [4.69, 9.17) is 9.84 Å². The number of hydrogen-bond donors (Lipinski definition) is 2. The molecule has 4 nitrogen and oxygen atoms in total. The van der Waals surface area contributed by atoms with Gasteiger partial charge in [-0.1, -0.05) is 6.92 Å². The van der Waals surface area contributed by atoms with Gasteiger partial charge in [-0.2, -0.15) is 0 Å². The first-order valence-electron chi connectivity index (χ1n) is 7.18. The lowest BCUT2D eigenvalue weighted by molar-refractivity contribution is 0.0952. The van der Waals surface area contributed by atoms with Crippen LogP contribution in [0.25, 0.3) is 0 Å². The van der Waals surface area contributed by atoms with Crippen LogP contribution >= 0.6 is 0 Å². The fourth-order valence-corrected chi connectivity index (χ4v) is 1.80. The van der Waals surface area contributed by atoms with Crippen LogP contribution in [0, 0.1) is 5.92 Å². The SMILES string of the molecule is CC(CO)CCCNC(=O)c1ccc(OC(C)C)cc1. The summed E-state index contributed by atoms with van der Waals surface area (Å²) in [4.78, 5) is 11.9. The lowest BCUT2D eigenvalue weighted by Crippen LogP contribution is -2.24. The predicted octanol–water partition coefficient (Wildman–Crippen LogP) is 2.61. The van der Waals surface area contributed by atoms with E-state index in [9.17, 15) is 4.79 Å². The van der Waals surface area contributed by atoms with E-state index in [1.54, 1.807) is 12.1 Å². The molecule has 0 saturated carbocycles. The van der Waals surface area contributed by atoms with Crippen LogP contribution in [0.1, 0.15) is 44.0 Å². The molecule has 0 aliphatic rings. The van der Waals surface area contributed by atoms with E-state index in [2.05, 4.69) is 5.32 Å². The van der Waals surface area contributed by atoms with Gasteiger partial charge in [0.1, 0.15) is 5.75 Å². The molecule has 0 radical (unpaired) electrons. The van der Waals surface area contributed by atoms with Gasteiger partial charge in [-0.15, -0.1) is 0 Å². The first-order valence-corrected chi connectivity index (χ1v) is 7.18. The largest absolute Gasteiger partial charge is 0.491 e. The summed E-state index contributed by atoms with van der Waals surface area (Å²) in [7, 11) is 0. The van der Waals surface area contributed by atoms with Gasteiger partial charge in [-0.25, -0.2) is 0 Å². The predicted molar refractivity (Wildman–Crippen MR) is 80.0 cm³/mol. The summed E-state index contributed by atoms with van der Waals surface area (Å²) in [6, 6.07) is 7.15. The summed E-state index contributed by atoms with van der Waals surface area (Å²) in [5.74, 6) is 0.991. The molecule has 20 heavy (non-hydrogen) atoms. The Morgan fingerprint density at radius 1 is 1.25 bits per heavy atom. The van der Waals surface area contributed by atoms with Gasteiger partial charge in [-0.3, -0.25) is 4.79 Å². The average Bonchev–Trinajstić information content (AvgIpc) is 2.43. The molecule has 4 heteroatoms. The van der Waals surface area contributed by atoms with E-state index < -0.39 is 0 Å². The highest BCUT2D eigenvalue weighted by molar-refractivity contribution is 5.94.